The lowest BCUT2D eigenvalue weighted by Crippen LogP contribution is -2.48. The van der Waals surface area contributed by atoms with Gasteiger partial charge in [0.25, 0.3) is 0 Å². The second kappa shape index (κ2) is 9.18. The van der Waals surface area contributed by atoms with E-state index in [2.05, 4.69) is 29.6 Å². The number of rotatable bonds is 6. The molecule has 0 aromatic heterocycles. The molecule has 1 heterocycles. The van der Waals surface area contributed by atoms with E-state index >= 15 is 0 Å². The van der Waals surface area contributed by atoms with E-state index in [4.69, 9.17) is 0 Å². The summed E-state index contributed by atoms with van der Waals surface area (Å²) >= 11 is 1.61. The van der Waals surface area contributed by atoms with Gasteiger partial charge in [-0.25, -0.2) is 0 Å². The first-order valence-electron chi connectivity index (χ1n) is 12.8. The fourth-order valence-corrected chi connectivity index (χ4v) is 7.24. The van der Waals surface area contributed by atoms with Crippen molar-refractivity contribution in [1.82, 2.24) is 4.90 Å². The van der Waals surface area contributed by atoms with Gasteiger partial charge < -0.3 is 5.32 Å². The first-order valence-corrected chi connectivity index (χ1v) is 14.2. The highest BCUT2D eigenvalue weighted by Crippen LogP contribution is 2.61. The van der Waals surface area contributed by atoms with Crippen molar-refractivity contribution in [2.75, 3.05) is 17.3 Å². The van der Waals surface area contributed by atoms with E-state index in [-0.39, 0.29) is 29.6 Å². The Kier molecular flexibility index (Phi) is 5.95. The van der Waals surface area contributed by atoms with Crippen molar-refractivity contribution in [3.8, 4) is 0 Å². The first-order chi connectivity index (χ1) is 17.9. The number of benzene rings is 3. The summed E-state index contributed by atoms with van der Waals surface area (Å²) in [5.41, 5.74) is 7.31. The summed E-state index contributed by atoms with van der Waals surface area (Å²) in [5, 5.41) is 3.02. The van der Waals surface area contributed by atoms with E-state index in [0.717, 1.165) is 33.4 Å². The maximum Gasteiger partial charge on any atom is 0.247 e. The number of hydrogen-bond donors (Lipinski definition) is 1. The standard InChI is InChI=1S/C31H30N2O3S/c1-17-12-13-23(18(2)16-17)32-29(34)24(14-15-37-3)33-30(35)27-25-19-8-4-5-9-20(19)26(28(27)31(33)36)22-11-7-6-10-21(22)25/h4-13,16,24-28H,14-15H2,1-3H3,(H,32,34)/t24-,25?,26?,27-,28+/m1/s1. The van der Waals surface area contributed by atoms with Crippen LogP contribution in [0.4, 0.5) is 5.69 Å². The molecule has 2 bridgehead atoms. The summed E-state index contributed by atoms with van der Waals surface area (Å²) in [6.07, 6.45) is 2.39. The number of nitrogens with zero attached hydrogens (tertiary/aromatic N) is 1. The van der Waals surface area contributed by atoms with Crippen LogP contribution in [0.25, 0.3) is 0 Å². The molecule has 1 saturated heterocycles. The van der Waals surface area contributed by atoms with E-state index in [9.17, 15) is 14.4 Å². The molecule has 37 heavy (non-hydrogen) atoms. The molecule has 3 atom stereocenters. The van der Waals surface area contributed by atoms with Gasteiger partial charge in [0.2, 0.25) is 17.7 Å². The van der Waals surface area contributed by atoms with Gasteiger partial charge in [0.15, 0.2) is 0 Å². The Morgan fingerprint density at radius 2 is 1.38 bits per heavy atom. The normalized spacial score (nSPS) is 23.9. The lowest BCUT2D eigenvalue weighted by Gasteiger charge is -2.45. The Hall–Kier alpha value is -3.38. The van der Waals surface area contributed by atoms with Crippen molar-refractivity contribution in [3.05, 3.63) is 100 Å². The Labute approximate surface area is 221 Å². The van der Waals surface area contributed by atoms with Crippen LogP contribution in [0.2, 0.25) is 0 Å². The molecule has 6 heteroatoms. The monoisotopic (exact) mass is 510 g/mol. The van der Waals surface area contributed by atoms with Crippen LogP contribution < -0.4 is 5.32 Å². The molecule has 1 fully saturated rings. The largest absolute Gasteiger partial charge is 0.324 e. The number of thioether (sulfide) groups is 1. The molecule has 0 unspecified atom stereocenters. The zero-order chi connectivity index (χ0) is 25.8. The summed E-state index contributed by atoms with van der Waals surface area (Å²) in [6, 6.07) is 21.4. The number of imide groups is 1. The van der Waals surface area contributed by atoms with Crippen molar-refractivity contribution >= 4 is 35.2 Å². The highest BCUT2D eigenvalue weighted by Gasteiger charge is 2.62. The molecule has 7 rings (SSSR count). The number of amides is 3. The maximum absolute atomic E-state index is 14.2. The summed E-state index contributed by atoms with van der Waals surface area (Å²) in [6.45, 7) is 3.96. The highest BCUT2D eigenvalue weighted by atomic mass is 32.2. The lowest BCUT2D eigenvalue weighted by atomic mass is 9.55. The maximum atomic E-state index is 14.2. The van der Waals surface area contributed by atoms with Crippen LogP contribution >= 0.6 is 11.8 Å². The van der Waals surface area contributed by atoms with Gasteiger partial charge in [0, 0.05) is 17.5 Å². The smallest absolute Gasteiger partial charge is 0.247 e. The molecule has 3 aliphatic carbocycles. The predicted octanol–water partition coefficient (Wildman–Crippen LogP) is 5.26. The van der Waals surface area contributed by atoms with Crippen molar-refractivity contribution in [3.63, 3.8) is 0 Å². The van der Waals surface area contributed by atoms with Gasteiger partial charge in [0.1, 0.15) is 6.04 Å². The molecule has 188 valence electrons. The predicted molar refractivity (Wildman–Crippen MR) is 147 cm³/mol. The average molecular weight is 511 g/mol. The third kappa shape index (κ3) is 3.64. The van der Waals surface area contributed by atoms with Gasteiger partial charge in [-0.2, -0.15) is 11.8 Å². The molecule has 4 aliphatic rings. The Balaban J connectivity index is 1.40. The second-order valence-electron chi connectivity index (χ2n) is 10.4. The number of carbonyl (C=O) groups excluding carboxylic acids is 3. The fraction of sp³-hybridized carbons (Fsp3) is 0.323. The van der Waals surface area contributed by atoms with Gasteiger partial charge >= 0.3 is 0 Å². The number of anilines is 1. The Morgan fingerprint density at radius 1 is 0.865 bits per heavy atom. The van der Waals surface area contributed by atoms with Crippen LogP contribution in [0.3, 0.4) is 0 Å². The highest BCUT2D eigenvalue weighted by molar-refractivity contribution is 7.98. The van der Waals surface area contributed by atoms with Gasteiger partial charge in [-0.3, -0.25) is 19.3 Å². The molecule has 1 aliphatic heterocycles. The zero-order valence-corrected chi connectivity index (χ0v) is 22.0. The summed E-state index contributed by atoms with van der Waals surface area (Å²) in [5.74, 6) is -1.36. The SMILES string of the molecule is CSCC[C@H](C(=O)Nc1ccc(C)cc1C)N1C(=O)[C@@H]2C3c4ccccc4C(c4ccccc43)[C@@H]2C1=O. The third-order valence-corrected chi connectivity index (χ3v) is 8.98. The molecular weight excluding hydrogens is 480 g/mol. The molecule has 5 nitrogen and oxygen atoms in total. The van der Waals surface area contributed by atoms with E-state index in [0.29, 0.717) is 17.9 Å². The second-order valence-corrected chi connectivity index (χ2v) is 11.4. The number of likely N-dealkylation sites (tertiary alicyclic amines) is 1. The number of aryl methyl sites for hydroxylation is 2. The average Bonchev–Trinajstić information content (AvgIpc) is 3.16. The summed E-state index contributed by atoms with van der Waals surface area (Å²) in [4.78, 5) is 43.3. The fourth-order valence-electron chi connectivity index (χ4n) is 6.78. The number of hydrogen-bond acceptors (Lipinski definition) is 4. The number of nitrogens with one attached hydrogen (secondary N) is 1. The Morgan fingerprint density at radius 3 is 1.84 bits per heavy atom. The molecule has 0 saturated carbocycles. The van der Waals surface area contributed by atoms with Crippen molar-refractivity contribution < 1.29 is 14.4 Å². The van der Waals surface area contributed by atoms with Crippen LogP contribution in [0.15, 0.2) is 66.7 Å². The topological polar surface area (TPSA) is 66.5 Å². The van der Waals surface area contributed by atoms with E-state index in [1.54, 1.807) is 11.8 Å². The van der Waals surface area contributed by atoms with Gasteiger partial charge in [0.05, 0.1) is 11.8 Å². The van der Waals surface area contributed by atoms with E-state index in [1.165, 1.54) is 4.90 Å². The first kappa shape index (κ1) is 24.0. The quantitative estimate of drug-likeness (QED) is 0.460. The third-order valence-electron chi connectivity index (χ3n) is 8.33. The van der Waals surface area contributed by atoms with E-state index in [1.807, 2.05) is 62.6 Å². The molecule has 0 spiro atoms. The minimum Gasteiger partial charge on any atom is -0.324 e. The molecular formula is C31H30N2O3S. The molecule has 3 aromatic carbocycles. The summed E-state index contributed by atoms with van der Waals surface area (Å²) < 4.78 is 0. The van der Waals surface area contributed by atoms with Crippen LogP contribution in [-0.2, 0) is 14.4 Å². The zero-order valence-electron chi connectivity index (χ0n) is 21.2. The summed E-state index contributed by atoms with van der Waals surface area (Å²) in [7, 11) is 0. The van der Waals surface area contributed by atoms with Crippen LogP contribution in [0.5, 0.6) is 0 Å². The molecule has 3 amide bonds. The van der Waals surface area contributed by atoms with Crippen molar-refractivity contribution in [2.24, 2.45) is 11.8 Å². The molecule has 3 aromatic rings. The van der Waals surface area contributed by atoms with Gasteiger partial charge in [-0.15, -0.1) is 0 Å². The minimum absolute atomic E-state index is 0.174. The van der Waals surface area contributed by atoms with Crippen LogP contribution in [0, 0.1) is 25.7 Å². The Bertz CT molecular complexity index is 1320. The van der Waals surface area contributed by atoms with Crippen LogP contribution in [-0.4, -0.2) is 40.7 Å². The molecule has 1 N–H and O–H groups in total. The molecule has 0 radical (unpaired) electrons. The van der Waals surface area contributed by atoms with E-state index < -0.39 is 17.9 Å². The van der Waals surface area contributed by atoms with Crippen LogP contribution in [0.1, 0.15) is 51.6 Å². The van der Waals surface area contributed by atoms with Crippen molar-refractivity contribution in [2.45, 2.75) is 38.1 Å². The van der Waals surface area contributed by atoms with Crippen molar-refractivity contribution in [1.29, 1.82) is 0 Å². The number of carbonyl (C=O) groups is 3. The van der Waals surface area contributed by atoms with Gasteiger partial charge in [-0.1, -0.05) is 66.2 Å². The minimum atomic E-state index is -0.843. The lowest BCUT2D eigenvalue weighted by molar-refractivity contribution is -0.146. The van der Waals surface area contributed by atoms with Gasteiger partial charge in [-0.05, 0) is 66.2 Å².